The maximum atomic E-state index is 13.8. The topological polar surface area (TPSA) is 53.4 Å². The summed E-state index contributed by atoms with van der Waals surface area (Å²) in [6, 6.07) is 10.3. The first-order chi connectivity index (χ1) is 16.7. The summed E-state index contributed by atoms with van der Waals surface area (Å²) in [5.41, 5.74) is 4.09. The van der Waals surface area contributed by atoms with Gasteiger partial charge >= 0.3 is 0 Å². The summed E-state index contributed by atoms with van der Waals surface area (Å²) >= 11 is 1.76. The maximum absolute atomic E-state index is 13.8. The third-order valence-electron chi connectivity index (χ3n) is 7.11. The molecule has 174 valence electrons. The molecule has 0 bridgehead atoms. The number of fused-ring (bicyclic) bond motifs is 2. The Hall–Kier alpha value is -3.16. The van der Waals surface area contributed by atoms with Crippen LogP contribution in [-0.2, 0) is 12.8 Å². The van der Waals surface area contributed by atoms with E-state index >= 15 is 0 Å². The normalized spacial score (nSPS) is 16.6. The van der Waals surface area contributed by atoms with Crippen molar-refractivity contribution in [2.75, 3.05) is 43.4 Å². The van der Waals surface area contributed by atoms with Gasteiger partial charge in [0.05, 0.1) is 11.3 Å². The standard InChI is InChI=1S/C27H29N5OS/c1-30-14-16-31(17-15-30)23-9-8-22(21-18-28-11-10-19(21)23)29-26(33)25-20-6-2-3-7-24(20)34-27(25)32-12-4-5-13-32/h4-5,8-13,18H,2-3,6-7,14-17H2,1H3,(H,29,33). The number of carbonyl (C=O) groups is 1. The average molecular weight is 472 g/mol. The van der Waals surface area contributed by atoms with Crippen molar-refractivity contribution >= 4 is 39.4 Å². The minimum Gasteiger partial charge on any atom is -0.368 e. The summed E-state index contributed by atoms with van der Waals surface area (Å²) in [6.45, 7) is 4.11. The van der Waals surface area contributed by atoms with Crippen LogP contribution in [0.5, 0.6) is 0 Å². The van der Waals surface area contributed by atoms with Crippen molar-refractivity contribution in [1.29, 1.82) is 0 Å². The molecule has 1 fully saturated rings. The molecule has 1 amide bonds. The van der Waals surface area contributed by atoms with Crippen LogP contribution >= 0.6 is 11.3 Å². The van der Waals surface area contributed by atoms with Gasteiger partial charge < -0.3 is 19.7 Å². The van der Waals surface area contributed by atoms with Gasteiger partial charge in [0.2, 0.25) is 0 Å². The van der Waals surface area contributed by atoms with E-state index < -0.39 is 0 Å². The summed E-state index contributed by atoms with van der Waals surface area (Å²) < 4.78 is 2.08. The zero-order valence-electron chi connectivity index (χ0n) is 19.5. The Bertz CT molecular complexity index is 1330. The number of anilines is 2. The molecular formula is C27H29N5OS. The number of nitrogens with one attached hydrogen (secondary N) is 1. The molecule has 1 aliphatic carbocycles. The van der Waals surface area contributed by atoms with E-state index in [4.69, 9.17) is 0 Å². The molecular weight excluding hydrogens is 442 g/mol. The molecule has 0 saturated carbocycles. The summed E-state index contributed by atoms with van der Waals surface area (Å²) in [4.78, 5) is 24.3. The molecule has 2 aliphatic rings. The van der Waals surface area contributed by atoms with Gasteiger partial charge in [0, 0.05) is 72.3 Å². The van der Waals surface area contributed by atoms with Gasteiger partial charge in [-0.15, -0.1) is 11.3 Å². The van der Waals surface area contributed by atoms with Crippen LogP contribution in [0.1, 0.15) is 33.6 Å². The molecule has 1 aromatic carbocycles. The number of hydrogen-bond donors (Lipinski definition) is 1. The van der Waals surface area contributed by atoms with Crippen LogP contribution in [0.15, 0.2) is 55.1 Å². The van der Waals surface area contributed by atoms with E-state index in [2.05, 4.69) is 43.8 Å². The van der Waals surface area contributed by atoms with Crippen LogP contribution in [0.3, 0.4) is 0 Å². The molecule has 7 heteroatoms. The summed E-state index contributed by atoms with van der Waals surface area (Å²) in [5, 5.41) is 6.40. The highest BCUT2D eigenvalue weighted by molar-refractivity contribution is 7.15. The van der Waals surface area contributed by atoms with Gasteiger partial charge in [-0.05, 0) is 68.6 Å². The van der Waals surface area contributed by atoms with Crippen LogP contribution in [0.25, 0.3) is 15.8 Å². The molecule has 6 rings (SSSR count). The lowest BCUT2D eigenvalue weighted by molar-refractivity contribution is 0.102. The third kappa shape index (κ3) is 3.79. The van der Waals surface area contributed by atoms with Crippen molar-refractivity contribution in [3.63, 3.8) is 0 Å². The Morgan fingerprint density at radius 2 is 1.79 bits per heavy atom. The fourth-order valence-corrected chi connectivity index (χ4v) is 6.58. The van der Waals surface area contributed by atoms with Crippen LogP contribution in [-0.4, -0.2) is 53.6 Å². The Kier molecular flexibility index (Phi) is 5.59. The number of aryl methyl sites for hydroxylation is 1. The minimum atomic E-state index is -0.0272. The Labute approximate surface area is 203 Å². The number of hydrogen-bond acceptors (Lipinski definition) is 5. The fourth-order valence-electron chi connectivity index (χ4n) is 5.23. The zero-order valence-corrected chi connectivity index (χ0v) is 20.3. The molecule has 0 unspecified atom stereocenters. The predicted molar refractivity (Wildman–Crippen MR) is 140 cm³/mol. The number of carbonyl (C=O) groups excluding carboxylic acids is 1. The van der Waals surface area contributed by atoms with E-state index in [1.54, 1.807) is 11.3 Å². The molecule has 1 aliphatic heterocycles. The lowest BCUT2D eigenvalue weighted by Crippen LogP contribution is -2.44. The van der Waals surface area contributed by atoms with Crippen molar-refractivity contribution in [2.24, 2.45) is 0 Å². The van der Waals surface area contributed by atoms with Crippen molar-refractivity contribution in [2.45, 2.75) is 25.7 Å². The molecule has 4 aromatic rings. The van der Waals surface area contributed by atoms with Crippen LogP contribution in [0.2, 0.25) is 0 Å². The first-order valence-corrected chi connectivity index (χ1v) is 12.9. The van der Waals surface area contributed by atoms with Crippen molar-refractivity contribution in [3.05, 3.63) is 71.1 Å². The lowest BCUT2D eigenvalue weighted by Gasteiger charge is -2.34. The average Bonchev–Trinajstić information content (AvgIpc) is 3.53. The smallest absolute Gasteiger partial charge is 0.258 e. The molecule has 4 heterocycles. The van der Waals surface area contributed by atoms with Crippen molar-refractivity contribution in [1.82, 2.24) is 14.5 Å². The van der Waals surface area contributed by atoms with Crippen LogP contribution in [0.4, 0.5) is 11.4 Å². The minimum absolute atomic E-state index is 0.0272. The molecule has 34 heavy (non-hydrogen) atoms. The number of pyridine rings is 1. The molecule has 0 spiro atoms. The second-order valence-corrected chi connectivity index (χ2v) is 10.4. The number of amides is 1. The largest absolute Gasteiger partial charge is 0.368 e. The first-order valence-electron chi connectivity index (χ1n) is 12.1. The molecule has 1 saturated heterocycles. The first kappa shape index (κ1) is 21.4. The number of thiophene rings is 1. The molecule has 0 radical (unpaired) electrons. The van der Waals surface area contributed by atoms with Gasteiger partial charge in [-0.25, -0.2) is 0 Å². The number of piperazine rings is 1. The van der Waals surface area contributed by atoms with E-state index in [9.17, 15) is 4.79 Å². The van der Waals surface area contributed by atoms with Gasteiger partial charge in [-0.1, -0.05) is 0 Å². The molecule has 6 nitrogen and oxygen atoms in total. The number of aromatic nitrogens is 2. The van der Waals surface area contributed by atoms with E-state index in [-0.39, 0.29) is 5.91 Å². The monoisotopic (exact) mass is 471 g/mol. The zero-order chi connectivity index (χ0) is 23.1. The van der Waals surface area contributed by atoms with Gasteiger partial charge in [0.1, 0.15) is 5.00 Å². The Morgan fingerprint density at radius 3 is 2.62 bits per heavy atom. The second kappa shape index (κ2) is 8.89. The van der Waals surface area contributed by atoms with Gasteiger partial charge in [-0.3, -0.25) is 9.78 Å². The van der Waals surface area contributed by atoms with Crippen molar-refractivity contribution in [3.8, 4) is 5.00 Å². The van der Waals surface area contributed by atoms with E-state index in [1.165, 1.54) is 22.5 Å². The number of likely N-dealkylation sites (N-methyl/N-ethyl adjacent to an activating group) is 1. The van der Waals surface area contributed by atoms with Crippen molar-refractivity contribution < 1.29 is 4.79 Å². The SMILES string of the molecule is CN1CCN(c2ccc(NC(=O)c3c(-n4cccc4)sc4c3CCCC4)c3cnccc23)CC1. The number of nitrogens with zero attached hydrogens (tertiary/aromatic N) is 4. The lowest BCUT2D eigenvalue weighted by atomic mass is 9.95. The molecule has 1 N–H and O–H groups in total. The highest BCUT2D eigenvalue weighted by atomic mass is 32.1. The Balaban J connectivity index is 1.37. The third-order valence-corrected chi connectivity index (χ3v) is 8.41. The number of rotatable bonds is 4. The summed E-state index contributed by atoms with van der Waals surface area (Å²) in [7, 11) is 2.17. The van der Waals surface area contributed by atoms with Gasteiger partial charge in [-0.2, -0.15) is 0 Å². The second-order valence-electron chi connectivity index (χ2n) is 9.28. The summed E-state index contributed by atoms with van der Waals surface area (Å²) in [6.07, 6.45) is 12.1. The van der Waals surface area contributed by atoms with Crippen LogP contribution in [0, 0.1) is 0 Å². The highest BCUT2D eigenvalue weighted by Crippen LogP contribution is 2.38. The van der Waals surface area contributed by atoms with E-state index in [1.807, 2.05) is 43.0 Å². The van der Waals surface area contributed by atoms with Gasteiger partial charge in [0.15, 0.2) is 0 Å². The summed E-state index contributed by atoms with van der Waals surface area (Å²) in [5.74, 6) is -0.0272. The van der Waals surface area contributed by atoms with E-state index in [0.717, 1.165) is 72.5 Å². The van der Waals surface area contributed by atoms with Gasteiger partial charge in [0.25, 0.3) is 5.91 Å². The number of benzene rings is 1. The Morgan fingerprint density at radius 1 is 1.00 bits per heavy atom. The predicted octanol–water partition coefficient (Wildman–Crippen LogP) is 4.97. The molecule has 0 atom stereocenters. The highest BCUT2D eigenvalue weighted by Gasteiger charge is 2.27. The maximum Gasteiger partial charge on any atom is 0.258 e. The quantitative estimate of drug-likeness (QED) is 0.457. The fraction of sp³-hybridized carbons (Fsp3) is 0.333. The molecule has 3 aromatic heterocycles. The van der Waals surface area contributed by atoms with E-state index in [0.29, 0.717) is 0 Å². The van der Waals surface area contributed by atoms with Crippen LogP contribution < -0.4 is 10.2 Å².